The highest BCUT2D eigenvalue weighted by atomic mass is 35.5. The molecule has 0 aliphatic rings. The summed E-state index contributed by atoms with van der Waals surface area (Å²) >= 11 is 11.8. The molecule has 0 atom stereocenters. The molecule has 0 fully saturated rings. The molecule has 2 aromatic rings. The van der Waals surface area contributed by atoms with Crippen LogP contribution in [-0.2, 0) is 6.61 Å². The smallest absolute Gasteiger partial charge is 0.145 e. The van der Waals surface area contributed by atoms with E-state index in [1.165, 1.54) is 0 Å². The number of aliphatic hydroxyl groups is 1. The van der Waals surface area contributed by atoms with Gasteiger partial charge in [0.25, 0.3) is 0 Å². The van der Waals surface area contributed by atoms with Crippen LogP contribution in [-0.4, -0.2) is 5.11 Å². The van der Waals surface area contributed by atoms with Crippen LogP contribution in [0.4, 0.5) is 0 Å². The minimum atomic E-state index is -0.127. The standard InChI is InChI=1S/C14H9Cl2NO2/c15-11-4-12(16)6-13(5-11)19-14-2-1-9(8-18)3-10(14)7-17/h1-6,18H,8H2. The average molecular weight is 294 g/mol. The lowest BCUT2D eigenvalue weighted by molar-refractivity contribution is 0.281. The Kier molecular flexibility index (Phi) is 4.28. The zero-order chi connectivity index (χ0) is 13.8. The van der Waals surface area contributed by atoms with Gasteiger partial charge in [-0.3, -0.25) is 0 Å². The summed E-state index contributed by atoms with van der Waals surface area (Å²) in [6.45, 7) is -0.127. The van der Waals surface area contributed by atoms with Crippen molar-refractivity contribution in [1.29, 1.82) is 5.26 Å². The van der Waals surface area contributed by atoms with E-state index in [1.54, 1.807) is 36.4 Å². The number of nitriles is 1. The minimum Gasteiger partial charge on any atom is -0.456 e. The Bertz CT molecular complexity index is 630. The summed E-state index contributed by atoms with van der Waals surface area (Å²) in [6, 6.07) is 11.7. The van der Waals surface area contributed by atoms with Crippen molar-refractivity contribution in [3.8, 4) is 17.6 Å². The van der Waals surface area contributed by atoms with Gasteiger partial charge in [0.05, 0.1) is 12.2 Å². The molecule has 0 bridgehead atoms. The maximum Gasteiger partial charge on any atom is 0.145 e. The van der Waals surface area contributed by atoms with Gasteiger partial charge in [-0.15, -0.1) is 0 Å². The highest BCUT2D eigenvalue weighted by Crippen LogP contribution is 2.30. The van der Waals surface area contributed by atoms with Gasteiger partial charge in [0, 0.05) is 10.0 Å². The third-order valence-electron chi connectivity index (χ3n) is 2.41. The van der Waals surface area contributed by atoms with Gasteiger partial charge in [-0.25, -0.2) is 0 Å². The highest BCUT2D eigenvalue weighted by Gasteiger charge is 2.07. The number of rotatable bonds is 3. The molecule has 0 spiro atoms. The van der Waals surface area contributed by atoms with Crippen molar-refractivity contribution >= 4 is 23.2 Å². The summed E-state index contributed by atoms with van der Waals surface area (Å²) in [5.74, 6) is 0.837. The number of ether oxygens (including phenoxy) is 1. The van der Waals surface area contributed by atoms with Crippen LogP contribution >= 0.6 is 23.2 Å². The largest absolute Gasteiger partial charge is 0.456 e. The lowest BCUT2D eigenvalue weighted by atomic mass is 10.1. The Balaban J connectivity index is 2.35. The van der Waals surface area contributed by atoms with Gasteiger partial charge in [0.15, 0.2) is 0 Å². The quantitative estimate of drug-likeness (QED) is 0.925. The number of benzene rings is 2. The Hall–Kier alpha value is -1.73. The Morgan fingerprint density at radius 3 is 2.37 bits per heavy atom. The van der Waals surface area contributed by atoms with Crippen molar-refractivity contribution in [3.63, 3.8) is 0 Å². The molecule has 3 nitrogen and oxygen atoms in total. The second-order valence-corrected chi connectivity index (χ2v) is 4.68. The molecule has 19 heavy (non-hydrogen) atoms. The SMILES string of the molecule is N#Cc1cc(CO)ccc1Oc1cc(Cl)cc(Cl)c1. The van der Waals surface area contributed by atoms with Crippen LogP contribution in [0.5, 0.6) is 11.5 Å². The van der Waals surface area contributed by atoms with E-state index in [9.17, 15) is 0 Å². The lowest BCUT2D eigenvalue weighted by Crippen LogP contribution is -1.91. The van der Waals surface area contributed by atoms with E-state index < -0.39 is 0 Å². The lowest BCUT2D eigenvalue weighted by Gasteiger charge is -2.09. The molecule has 5 heteroatoms. The third-order valence-corrected chi connectivity index (χ3v) is 2.85. The second-order valence-electron chi connectivity index (χ2n) is 3.81. The summed E-state index contributed by atoms with van der Waals surface area (Å²) in [6.07, 6.45) is 0. The Morgan fingerprint density at radius 1 is 1.11 bits per heavy atom. The molecule has 0 unspecified atom stereocenters. The molecule has 2 rings (SSSR count). The van der Waals surface area contributed by atoms with E-state index in [2.05, 4.69) is 0 Å². The third kappa shape index (κ3) is 3.39. The van der Waals surface area contributed by atoms with Crippen LogP contribution < -0.4 is 4.74 Å². The molecular weight excluding hydrogens is 285 g/mol. The first-order valence-electron chi connectivity index (χ1n) is 5.40. The molecule has 0 radical (unpaired) electrons. The maximum absolute atomic E-state index is 9.06. The minimum absolute atomic E-state index is 0.127. The average Bonchev–Trinajstić information content (AvgIpc) is 2.38. The van der Waals surface area contributed by atoms with Crippen LogP contribution in [0.15, 0.2) is 36.4 Å². The van der Waals surface area contributed by atoms with E-state index in [1.807, 2.05) is 6.07 Å². The van der Waals surface area contributed by atoms with Crippen molar-refractivity contribution in [3.05, 3.63) is 57.6 Å². The van der Waals surface area contributed by atoms with Crippen LogP contribution in [0.3, 0.4) is 0 Å². The van der Waals surface area contributed by atoms with Gasteiger partial charge >= 0.3 is 0 Å². The molecule has 0 amide bonds. The molecule has 96 valence electrons. The van der Waals surface area contributed by atoms with Crippen molar-refractivity contribution in [2.45, 2.75) is 6.61 Å². The summed E-state index contributed by atoms with van der Waals surface area (Å²) in [5.41, 5.74) is 0.982. The van der Waals surface area contributed by atoms with Crippen LogP contribution in [0, 0.1) is 11.3 Å². The number of halogens is 2. The van der Waals surface area contributed by atoms with Gasteiger partial charge in [-0.1, -0.05) is 29.3 Å². The first-order chi connectivity index (χ1) is 9.12. The van der Waals surface area contributed by atoms with E-state index in [4.69, 9.17) is 38.3 Å². The van der Waals surface area contributed by atoms with Crippen molar-refractivity contribution in [2.75, 3.05) is 0 Å². The second kappa shape index (κ2) is 5.94. The van der Waals surface area contributed by atoms with E-state index in [-0.39, 0.29) is 6.61 Å². The Morgan fingerprint density at radius 2 is 1.79 bits per heavy atom. The number of hydrogen-bond acceptors (Lipinski definition) is 3. The number of hydrogen-bond donors (Lipinski definition) is 1. The van der Waals surface area contributed by atoms with Crippen molar-refractivity contribution in [2.24, 2.45) is 0 Å². The van der Waals surface area contributed by atoms with Gasteiger partial charge in [-0.2, -0.15) is 5.26 Å². The van der Waals surface area contributed by atoms with Crippen LogP contribution in [0.2, 0.25) is 10.0 Å². The summed E-state index contributed by atoms with van der Waals surface area (Å²) in [5, 5.41) is 19.0. The van der Waals surface area contributed by atoms with E-state index in [0.717, 1.165) is 0 Å². The van der Waals surface area contributed by atoms with E-state index in [0.29, 0.717) is 32.7 Å². The van der Waals surface area contributed by atoms with Crippen LogP contribution in [0.1, 0.15) is 11.1 Å². The summed E-state index contributed by atoms with van der Waals surface area (Å²) < 4.78 is 5.59. The monoisotopic (exact) mass is 293 g/mol. The zero-order valence-electron chi connectivity index (χ0n) is 9.73. The predicted octanol–water partition coefficient (Wildman–Crippen LogP) is 4.15. The van der Waals surface area contributed by atoms with Crippen molar-refractivity contribution in [1.82, 2.24) is 0 Å². The highest BCUT2D eigenvalue weighted by molar-refractivity contribution is 6.34. The van der Waals surface area contributed by atoms with Crippen molar-refractivity contribution < 1.29 is 9.84 Å². The molecule has 0 saturated heterocycles. The van der Waals surface area contributed by atoms with Gasteiger partial charge in [0.1, 0.15) is 17.6 Å². The fourth-order valence-electron chi connectivity index (χ4n) is 1.57. The van der Waals surface area contributed by atoms with Gasteiger partial charge < -0.3 is 9.84 Å². The van der Waals surface area contributed by atoms with E-state index >= 15 is 0 Å². The fourth-order valence-corrected chi connectivity index (χ4v) is 2.07. The molecule has 2 aromatic carbocycles. The molecule has 0 aliphatic heterocycles. The molecular formula is C14H9Cl2NO2. The topological polar surface area (TPSA) is 53.2 Å². The van der Waals surface area contributed by atoms with Gasteiger partial charge in [-0.05, 0) is 35.9 Å². The molecule has 0 heterocycles. The summed E-state index contributed by atoms with van der Waals surface area (Å²) in [7, 11) is 0. The normalized spacial score (nSPS) is 10.0. The Labute approximate surface area is 120 Å². The predicted molar refractivity (Wildman–Crippen MR) is 73.6 cm³/mol. The first-order valence-corrected chi connectivity index (χ1v) is 6.16. The number of aliphatic hydroxyl groups excluding tert-OH is 1. The zero-order valence-corrected chi connectivity index (χ0v) is 11.2. The summed E-state index contributed by atoms with van der Waals surface area (Å²) in [4.78, 5) is 0. The first kappa shape index (κ1) is 13.7. The number of nitrogens with zero attached hydrogens (tertiary/aromatic N) is 1. The van der Waals surface area contributed by atoms with Crippen LogP contribution in [0.25, 0.3) is 0 Å². The van der Waals surface area contributed by atoms with Gasteiger partial charge in [0.2, 0.25) is 0 Å². The fraction of sp³-hybridized carbons (Fsp3) is 0.0714. The molecule has 1 N–H and O–H groups in total. The maximum atomic E-state index is 9.06. The molecule has 0 aromatic heterocycles. The molecule has 0 aliphatic carbocycles. The molecule has 0 saturated carbocycles.